The quantitative estimate of drug-likeness (QED) is 0.0782. The summed E-state index contributed by atoms with van der Waals surface area (Å²) in [7, 11) is 10.1. The Balaban J connectivity index is 0.00000722. The molecule has 0 heterocycles. The lowest BCUT2D eigenvalue weighted by molar-refractivity contribution is 0.414. The van der Waals surface area contributed by atoms with Crippen LogP contribution in [0, 0.1) is 0 Å². The van der Waals surface area contributed by atoms with Crippen LogP contribution in [0.25, 0.3) is 11.1 Å². The molecule has 0 atom stereocenters. The average molecular weight is 1020 g/mol. The van der Waals surface area contributed by atoms with Gasteiger partial charge < -0.3 is 48.0 Å². The third kappa shape index (κ3) is 11.5. The molecule has 10 aromatic rings. The van der Waals surface area contributed by atoms with Gasteiger partial charge in [0, 0.05) is 68.2 Å². The van der Waals surface area contributed by atoms with Gasteiger partial charge in [-0.3, -0.25) is 0 Å². The molecule has 0 unspecified atom stereocenters. The largest absolute Gasteiger partial charge is 0.497 e. The Kier molecular flexibility index (Phi) is 16.3. The highest BCUT2D eigenvalue weighted by atomic mass is 16.5. The van der Waals surface area contributed by atoms with Crippen LogP contribution in [0.15, 0.2) is 243 Å². The van der Waals surface area contributed by atoms with Crippen molar-refractivity contribution < 1.29 is 28.4 Å². The van der Waals surface area contributed by atoms with Crippen molar-refractivity contribution in [3.05, 3.63) is 243 Å². The van der Waals surface area contributed by atoms with Crippen molar-refractivity contribution in [3.8, 4) is 45.6 Å². The highest BCUT2D eigenvalue weighted by Gasteiger charge is 2.20. The fourth-order valence-electron chi connectivity index (χ4n) is 9.28. The van der Waals surface area contributed by atoms with Crippen molar-refractivity contribution in [2.24, 2.45) is 0 Å². The Labute approximate surface area is 452 Å². The van der Waals surface area contributed by atoms with Gasteiger partial charge in [-0.2, -0.15) is 0 Å². The molecule has 77 heavy (non-hydrogen) atoms. The van der Waals surface area contributed by atoms with E-state index in [-0.39, 0.29) is 7.43 Å². The number of anilines is 12. The fourth-order valence-corrected chi connectivity index (χ4v) is 9.28. The van der Waals surface area contributed by atoms with Crippen LogP contribution in [0.5, 0.6) is 34.5 Å². The Morgan fingerprint density at radius 2 is 0.273 bits per heavy atom. The molecule has 0 saturated carbocycles. The predicted molar refractivity (Wildman–Crippen MR) is 317 cm³/mol. The number of methoxy groups -OCH3 is 6. The lowest BCUT2D eigenvalue weighted by atomic mass is 10.0. The molecule has 0 spiro atoms. The number of rotatable bonds is 19. The molecular formula is C67H62N4O6. The van der Waals surface area contributed by atoms with Crippen molar-refractivity contribution in [1.82, 2.24) is 0 Å². The first-order valence-electron chi connectivity index (χ1n) is 24.8. The summed E-state index contributed by atoms with van der Waals surface area (Å²) in [5.74, 6) is 4.75. The molecule has 10 rings (SSSR count). The van der Waals surface area contributed by atoms with Crippen LogP contribution < -0.4 is 48.0 Å². The maximum absolute atomic E-state index is 5.56. The molecular weight excluding hydrogens is 957 g/mol. The molecule has 386 valence electrons. The molecule has 0 saturated heterocycles. The Morgan fingerprint density at radius 1 is 0.169 bits per heavy atom. The fraction of sp³-hybridized carbons (Fsp3) is 0.104. The highest BCUT2D eigenvalue weighted by molar-refractivity contribution is 5.85. The van der Waals surface area contributed by atoms with Gasteiger partial charge in [0.15, 0.2) is 0 Å². The third-order valence-corrected chi connectivity index (χ3v) is 13.3. The number of nitrogens with zero attached hydrogens (tertiary/aromatic N) is 4. The van der Waals surface area contributed by atoms with Crippen LogP contribution in [0.4, 0.5) is 68.2 Å². The SMILES string of the molecule is C.COc1ccc(N(c2ccc(OC)cc2)c2ccc(N(c3ccc(OC)cc3)c3ccc(-c4ccc(N(c5ccc(OC)cc5)c5ccc(N(c6ccc(OC)cc6)c6ccc(OC)cc6)cc5)cc4)cc3)cc2)cc1. The maximum atomic E-state index is 5.56. The summed E-state index contributed by atoms with van der Waals surface area (Å²) >= 11 is 0. The Morgan fingerprint density at radius 3 is 0.390 bits per heavy atom. The second-order valence-electron chi connectivity index (χ2n) is 17.7. The van der Waals surface area contributed by atoms with E-state index >= 15 is 0 Å². The van der Waals surface area contributed by atoms with Crippen molar-refractivity contribution >= 4 is 68.2 Å². The predicted octanol–water partition coefficient (Wildman–Crippen LogP) is 17.9. The molecule has 0 aliphatic carbocycles. The molecule has 10 heteroatoms. The first-order chi connectivity index (χ1) is 37.4. The van der Waals surface area contributed by atoms with Gasteiger partial charge >= 0.3 is 0 Å². The minimum atomic E-state index is 0. The first kappa shape index (κ1) is 52.1. The summed E-state index contributed by atoms with van der Waals surface area (Å²) < 4.78 is 33.1. The van der Waals surface area contributed by atoms with Gasteiger partial charge in [-0.25, -0.2) is 0 Å². The molecule has 0 amide bonds. The number of hydrogen-bond donors (Lipinski definition) is 0. The molecule has 0 radical (unpaired) electrons. The van der Waals surface area contributed by atoms with E-state index in [1.54, 1.807) is 42.7 Å². The standard InChI is InChI=1S/C66H58N4O6.CH4/c1-71-61-35-23-55(24-36-61)67(51-15-19-53(20-16-51)69(57-27-39-63(73-3)40-28-57)58-29-41-64(74-4)42-30-58)49-11-7-47(8-12-49)48-9-13-50(14-10-48)68(56-25-37-62(72-2)38-26-56)52-17-21-54(22-18-52)70(59-31-43-65(75-5)44-32-59)60-33-45-66(76-6)46-34-60;/h7-46H,1-6H3;1H4. The van der Waals surface area contributed by atoms with Crippen LogP contribution in [-0.2, 0) is 0 Å². The van der Waals surface area contributed by atoms with E-state index < -0.39 is 0 Å². The molecule has 0 aliphatic rings. The summed E-state index contributed by atoms with van der Waals surface area (Å²) in [5.41, 5.74) is 14.2. The summed E-state index contributed by atoms with van der Waals surface area (Å²) in [6.45, 7) is 0. The minimum Gasteiger partial charge on any atom is -0.497 e. The zero-order valence-corrected chi connectivity index (χ0v) is 43.3. The highest BCUT2D eigenvalue weighted by Crippen LogP contribution is 2.43. The molecule has 0 bridgehead atoms. The van der Waals surface area contributed by atoms with Gasteiger partial charge in [0.2, 0.25) is 0 Å². The zero-order chi connectivity index (χ0) is 52.4. The molecule has 0 aliphatic heterocycles. The molecule has 0 aromatic heterocycles. The monoisotopic (exact) mass is 1020 g/mol. The summed E-state index contributed by atoms with van der Waals surface area (Å²) in [5, 5.41) is 0. The second-order valence-corrected chi connectivity index (χ2v) is 17.7. The lowest BCUT2D eigenvalue weighted by Crippen LogP contribution is -2.12. The summed E-state index contributed by atoms with van der Waals surface area (Å²) in [6.07, 6.45) is 0. The van der Waals surface area contributed by atoms with Gasteiger partial charge in [0.1, 0.15) is 34.5 Å². The van der Waals surface area contributed by atoms with E-state index in [1.165, 1.54) is 0 Å². The van der Waals surface area contributed by atoms with Gasteiger partial charge in [0.05, 0.1) is 42.7 Å². The molecule has 10 aromatic carbocycles. The van der Waals surface area contributed by atoms with Crippen molar-refractivity contribution in [1.29, 1.82) is 0 Å². The van der Waals surface area contributed by atoms with Crippen LogP contribution in [0.2, 0.25) is 0 Å². The normalized spacial score (nSPS) is 10.6. The van der Waals surface area contributed by atoms with Crippen LogP contribution in [-0.4, -0.2) is 42.7 Å². The number of hydrogen-bond acceptors (Lipinski definition) is 10. The average Bonchev–Trinajstić information content (AvgIpc) is 3.51. The summed E-state index contributed by atoms with van der Waals surface area (Å²) in [4.78, 5) is 8.95. The summed E-state index contributed by atoms with van der Waals surface area (Å²) in [6, 6.07) is 83.3. The van der Waals surface area contributed by atoms with Crippen LogP contribution in [0.1, 0.15) is 7.43 Å². The van der Waals surface area contributed by atoms with Gasteiger partial charge in [0.25, 0.3) is 0 Å². The number of benzene rings is 10. The van der Waals surface area contributed by atoms with Crippen LogP contribution >= 0.6 is 0 Å². The number of ether oxygens (including phenoxy) is 6. The van der Waals surface area contributed by atoms with E-state index in [0.29, 0.717) is 0 Å². The van der Waals surface area contributed by atoms with E-state index in [9.17, 15) is 0 Å². The van der Waals surface area contributed by atoms with E-state index in [4.69, 9.17) is 28.4 Å². The van der Waals surface area contributed by atoms with Gasteiger partial charge in [-0.1, -0.05) is 31.7 Å². The molecule has 0 fully saturated rings. The maximum Gasteiger partial charge on any atom is 0.119 e. The molecule has 10 nitrogen and oxygen atoms in total. The first-order valence-corrected chi connectivity index (χ1v) is 24.8. The second kappa shape index (κ2) is 24.0. The molecule has 0 N–H and O–H groups in total. The Hall–Kier alpha value is -9.80. The van der Waals surface area contributed by atoms with E-state index in [1.807, 2.05) is 72.8 Å². The van der Waals surface area contributed by atoms with Gasteiger partial charge in [-0.05, 0) is 230 Å². The topological polar surface area (TPSA) is 68.3 Å². The minimum absolute atomic E-state index is 0. The smallest absolute Gasteiger partial charge is 0.119 e. The van der Waals surface area contributed by atoms with Gasteiger partial charge in [-0.15, -0.1) is 0 Å². The van der Waals surface area contributed by atoms with Crippen molar-refractivity contribution in [3.63, 3.8) is 0 Å². The van der Waals surface area contributed by atoms with Crippen molar-refractivity contribution in [2.75, 3.05) is 62.3 Å². The van der Waals surface area contributed by atoms with E-state index in [2.05, 4.69) is 189 Å². The third-order valence-electron chi connectivity index (χ3n) is 13.3. The van der Waals surface area contributed by atoms with E-state index in [0.717, 1.165) is 114 Å². The zero-order valence-electron chi connectivity index (χ0n) is 43.3. The van der Waals surface area contributed by atoms with Crippen molar-refractivity contribution in [2.45, 2.75) is 7.43 Å². The lowest BCUT2D eigenvalue weighted by Gasteiger charge is -2.29. The van der Waals surface area contributed by atoms with Crippen LogP contribution in [0.3, 0.4) is 0 Å². The Bertz CT molecular complexity index is 3100.